The van der Waals surface area contributed by atoms with Gasteiger partial charge < -0.3 is 9.94 Å². The summed E-state index contributed by atoms with van der Waals surface area (Å²) in [4.78, 5) is 17.1. The summed E-state index contributed by atoms with van der Waals surface area (Å²) >= 11 is 7.09. The molecule has 0 spiro atoms. The highest BCUT2D eigenvalue weighted by Gasteiger charge is 2.29. The molecule has 0 fully saturated rings. The van der Waals surface area contributed by atoms with Gasteiger partial charge in [-0.15, -0.1) is 0 Å². The Kier molecular flexibility index (Phi) is 8.64. The van der Waals surface area contributed by atoms with Gasteiger partial charge in [0.05, 0.1) is 5.71 Å². The summed E-state index contributed by atoms with van der Waals surface area (Å²) in [5.74, 6) is 0.276. The highest BCUT2D eigenvalue weighted by Crippen LogP contribution is 2.32. The number of ketones is 1. The van der Waals surface area contributed by atoms with Crippen LogP contribution in [0.5, 0.6) is 0 Å². The lowest BCUT2D eigenvalue weighted by molar-refractivity contribution is -0.116. The van der Waals surface area contributed by atoms with Gasteiger partial charge in [0.2, 0.25) is 0 Å². The van der Waals surface area contributed by atoms with Gasteiger partial charge in [0, 0.05) is 28.7 Å². The van der Waals surface area contributed by atoms with Gasteiger partial charge in [-0.2, -0.15) is 11.8 Å². The Morgan fingerprint density at radius 1 is 1.64 bits per heavy atom. The van der Waals surface area contributed by atoms with E-state index in [0.29, 0.717) is 43.1 Å². The minimum Gasteiger partial charge on any atom is -0.512 e. The Balaban J connectivity index is 2.71. The Morgan fingerprint density at radius 2 is 2.36 bits per heavy atom. The first-order valence-corrected chi connectivity index (χ1v) is 9.10. The van der Waals surface area contributed by atoms with Crippen molar-refractivity contribution in [2.24, 2.45) is 11.1 Å². The van der Waals surface area contributed by atoms with Crippen molar-refractivity contribution in [3.8, 4) is 0 Å². The van der Waals surface area contributed by atoms with E-state index in [1.54, 1.807) is 17.8 Å². The summed E-state index contributed by atoms with van der Waals surface area (Å²) in [6.45, 7) is 4.24. The molecule has 0 saturated carbocycles. The predicted octanol–water partition coefficient (Wildman–Crippen LogP) is 4.45. The zero-order chi connectivity index (χ0) is 16.5. The fraction of sp³-hybridized carbons (Fsp3) is 0.625. The number of halogens is 1. The van der Waals surface area contributed by atoms with E-state index in [-0.39, 0.29) is 17.5 Å². The molecule has 22 heavy (non-hydrogen) atoms. The number of rotatable bonds is 8. The zero-order valence-electron chi connectivity index (χ0n) is 13.3. The molecule has 0 bridgehead atoms. The molecule has 1 aliphatic carbocycles. The van der Waals surface area contributed by atoms with Crippen LogP contribution in [-0.2, 0) is 9.63 Å². The van der Waals surface area contributed by atoms with Crippen LogP contribution in [0.2, 0.25) is 0 Å². The van der Waals surface area contributed by atoms with Gasteiger partial charge in [-0.1, -0.05) is 23.7 Å². The quantitative estimate of drug-likeness (QED) is 0.401. The second-order valence-electron chi connectivity index (χ2n) is 5.46. The number of allylic oxidation sites excluding steroid dienone is 2. The third kappa shape index (κ3) is 6.05. The SMILES string of the molecule is CSC(C)CC1=C(O)C(C/C(C)=N/OCC=CCl)CCC1=O. The summed E-state index contributed by atoms with van der Waals surface area (Å²) < 4.78 is 0. The van der Waals surface area contributed by atoms with Crippen LogP contribution < -0.4 is 0 Å². The van der Waals surface area contributed by atoms with Crippen LogP contribution in [0.25, 0.3) is 0 Å². The molecule has 6 heteroatoms. The van der Waals surface area contributed by atoms with Crippen molar-refractivity contribution in [1.82, 2.24) is 0 Å². The van der Waals surface area contributed by atoms with Gasteiger partial charge in [0.1, 0.15) is 12.4 Å². The lowest BCUT2D eigenvalue weighted by Crippen LogP contribution is -2.23. The molecule has 2 atom stereocenters. The maximum absolute atomic E-state index is 12.0. The van der Waals surface area contributed by atoms with E-state index in [1.165, 1.54) is 5.54 Å². The molecule has 0 amide bonds. The van der Waals surface area contributed by atoms with Crippen molar-refractivity contribution < 1.29 is 14.7 Å². The second-order valence-corrected chi connectivity index (χ2v) is 6.99. The number of thioether (sulfide) groups is 1. The molecule has 1 rings (SSSR count). The summed E-state index contributed by atoms with van der Waals surface area (Å²) in [6.07, 6.45) is 6.04. The molecular weight excluding hydrogens is 322 g/mol. The average Bonchev–Trinajstić information content (AvgIpc) is 2.50. The molecule has 0 aromatic rings. The number of carbonyl (C=O) groups is 1. The molecule has 0 aromatic heterocycles. The topological polar surface area (TPSA) is 58.9 Å². The van der Waals surface area contributed by atoms with E-state index in [0.717, 1.165) is 5.71 Å². The minimum atomic E-state index is -0.0438. The lowest BCUT2D eigenvalue weighted by atomic mass is 9.83. The van der Waals surface area contributed by atoms with Crippen LogP contribution in [0.4, 0.5) is 0 Å². The van der Waals surface area contributed by atoms with Crippen molar-refractivity contribution in [2.45, 2.75) is 44.8 Å². The average molecular weight is 346 g/mol. The van der Waals surface area contributed by atoms with Crippen molar-refractivity contribution in [3.63, 3.8) is 0 Å². The largest absolute Gasteiger partial charge is 0.512 e. The van der Waals surface area contributed by atoms with Crippen LogP contribution in [0.1, 0.15) is 39.5 Å². The molecule has 124 valence electrons. The van der Waals surface area contributed by atoms with Gasteiger partial charge in [0.15, 0.2) is 5.78 Å². The van der Waals surface area contributed by atoms with Crippen LogP contribution in [0, 0.1) is 5.92 Å². The van der Waals surface area contributed by atoms with Gasteiger partial charge in [-0.05, 0) is 38.5 Å². The molecule has 1 N–H and O–H groups in total. The fourth-order valence-electron chi connectivity index (χ4n) is 2.39. The monoisotopic (exact) mass is 345 g/mol. The molecule has 0 radical (unpaired) electrons. The van der Waals surface area contributed by atoms with E-state index >= 15 is 0 Å². The summed E-state index contributed by atoms with van der Waals surface area (Å²) in [5.41, 5.74) is 2.77. The van der Waals surface area contributed by atoms with Crippen molar-refractivity contribution in [2.75, 3.05) is 12.9 Å². The standard InChI is InChI=1S/C16H24ClNO3S/c1-11(18-21-8-4-7-17)9-13-5-6-15(19)14(16(13)20)10-12(2)22-3/h4,7,12-13,20H,5-6,8-10H2,1-3H3/b7-4?,18-11+. The normalized spacial score (nSPS) is 21.5. The number of hydrogen-bond donors (Lipinski definition) is 1. The van der Waals surface area contributed by atoms with Gasteiger partial charge in [0.25, 0.3) is 0 Å². The zero-order valence-corrected chi connectivity index (χ0v) is 14.9. The highest BCUT2D eigenvalue weighted by atomic mass is 35.5. The lowest BCUT2D eigenvalue weighted by Gasteiger charge is -2.25. The van der Waals surface area contributed by atoms with Crippen molar-refractivity contribution in [1.29, 1.82) is 0 Å². The van der Waals surface area contributed by atoms with Crippen LogP contribution in [0.3, 0.4) is 0 Å². The first-order chi connectivity index (χ1) is 10.5. The Hall–Kier alpha value is -0.940. The maximum atomic E-state index is 12.0. The van der Waals surface area contributed by atoms with E-state index in [2.05, 4.69) is 12.1 Å². The maximum Gasteiger partial charge on any atom is 0.162 e. The molecule has 0 aromatic carbocycles. The Labute approximate surface area is 141 Å². The highest BCUT2D eigenvalue weighted by molar-refractivity contribution is 7.99. The van der Waals surface area contributed by atoms with Crippen molar-refractivity contribution in [3.05, 3.63) is 22.9 Å². The Morgan fingerprint density at radius 3 is 3.00 bits per heavy atom. The number of Topliss-reactive ketones (excluding diaryl/α,β-unsaturated/α-hetero) is 1. The molecule has 2 unspecified atom stereocenters. The van der Waals surface area contributed by atoms with Gasteiger partial charge in [-0.25, -0.2) is 0 Å². The Bertz CT molecular complexity index is 474. The first kappa shape index (κ1) is 19.1. The molecule has 0 saturated heterocycles. The molecule has 0 heterocycles. The van der Waals surface area contributed by atoms with Crippen LogP contribution in [0.15, 0.2) is 28.1 Å². The fourth-order valence-corrected chi connectivity index (χ4v) is 2.80. The van der Waals surface area contributed by atoms with Gasteiger partial charge in [-0.3, -0.25) is 4.79 Å². The van der Waals surface area contributed by atoms with Gasteiger partial charge >= 0.3 is 0 Å². The number of aliphatic hydroxyl groups excluding tert-OH is 1. The number of oxime groups is 1. The third-order valence-corrected chi connectivity index (χ3v) is 4.82. The number of carbonyl (C=O) groups excluding carboxylic acids is 1. The molecule has 4 nitrogen and oxygen atoms in total. The predicted molar refractivity (Wildman–Crippen MR) is 93.7 cm³/mol. The molecule has 0 aliphatic heterocycles. The number of aliphatic hydroxyl groups is 1. The smallest absolute Gasteiger partial charge is 0.162 e. The second kappa shape index (κ2) is 9.95. The van der Waals surface area contributed by atoms with E-state index in [4.69, 9.17) is 16.4 Å². The summed E-state index contributed by atoms with van der Waals surface area (Å²) in [5, 5.41) is 14.7. The molecule has 1 aliphatic rings. The van der Waals surface area contributed by atoms with E-state index in [9.17, 15) is 9.90 Å². The van der Waals surface area contributed by atoms with Crippen molar-refractivity contribution >= 4 is 34.9 Å². The first-order valence-electron chi connectivity index (χ1n) is 7.38. The summed E-state index contributed by atoms with van der Waals surface area (Å²) in [6, 6.07) is 0. The third-order valence-electron chi connectivity index (χ3n) is 3.67. The molecular formula is C16H24ClNO3S. The number of nitrogens with zero attached hydrogens (tertiary/aromatic N) is 1. The summed E-state index contributed by atoms with van der Waals surface area (Å²) in [7, 11) is 0. The van der Waals surface area contributed by atoms with Crippen LogP contribution in [-0.4, -0.2) is 34.7 Å². The van der Waals surface area contributed by atoms with E-state index in [1.807, 2.05) is 13.2 Å². The van der Waals surface area contributed by atoms with Crippen LogP contribution >= 0.6 is 23.4 Å². The number of hydrogen-bond acceptors (Lipinski definition) is 5. The van der Waals surface area contributed by atoms with E-state index < -0.39 is 0 Å². The minimum absolute atomic E-state index is 0.0438.